The van der Waals surface area contributed by atoms with Gasteiger partial charge in [0.05, 0.1) is 19.4 Å². The van der Waals surface area contributed by atoms with Crippen LogP contribution in [0.15, 0.2) is 18.2 Å². The van der Waals surface area contributed by atoms with E-state index < -0.39 is 5.91 Å². The van der Waals surface area contributed by atoms with Gasteiger partial charge in [-0.15, -0.1) is 0 Å². The summed E-state index contributed by atoms with van der Waals surface area (Å²) in [6.45, 7) is 4.69. The van der Waals surface area contributed by atoms with Gasteiger partial charge in [-0.25, -0.2) is 0 Å². The smallest absolute Gasteiger partial charge is 0.248 e. The van der Waals surface area contributed by atoms with Crippen molar-refractivity contribution >= 4 is 11.6 Å². The van der Waals surface area contributed by atoms with Gasteiger partial charge < -0.3 is 20.9 Å². The maximum atomic E-state index is 11.2. The van der Waals surface area contributed by atoms with Gasteiger partial charge in [-0.05, 0) is 24.6 Å². The van der Waals surface area contributed by atoms with E-state index in [9.17, 15) is 9.90 Å². The second kappa shape index (κ2) is 6.43. The van der Waals surface area contributed by atoms with E-state index in [0.29, 0.717) is 23.5 Å². The molecule has 1 atom stereocenters. The van der Waals surface area contributed by atoms with E-state index in [4.69, 9.17) is 10.5 Å². The number of hydrogen-bond donors (Lipinski definition) is 3. The van der Waals surface area contributed by atoms with Crippen molar-refractivity contribution in [3.63, 3.8) is 0 Å². The third kappa shape index (κ3) is 3.86. The van der Waals surface area contributed by atoms with Gasteiger partial charge in [-0.1, -0.05) is 13.8 Å². The second-order valence-corrected chi connectivity index (χ2v) is 4.96. The summed E-state index contributed by atoms with van der Waals surface area (Å²) < 4.78 is 5.24. The highest BCUT2D eigenvalue weighted by molar-refractivity contribution is 5.94. The first-order valence-electron chi connectivity index (χ1n) is 6.28. The van der Waals surface area contributed by atoms with Crippen LogP contribution in [0.5, 0.6) is 5.75 Å². The molecule has 0 saturated carbocycles. The molecule has 1 unspecified atom stereocenters. The normalized spacial score (nSPS) is 13.7. The Morgan fingerprint density at radius 2 is 2.21 bits per heavy atom. The van der Waals surface area contributed by atoms with Crippen molar-refractivity contribution in [2.45, 2.75) is 20.3 Å². The number of aliphatic hydroxyl groups is 1. The second-order valence-electron chi connectivity index (χ2n) is 4.96. The van der Waals surface area contributed by atoms with Crippen LogP contribution in [0, 0.1) is 5.41 Å². The summed E-state index contributed by atoms with van der Waals surface area (Å²) in [6.07, 6.45) is 0.842. The van der Waals surface area contributed by atoms with Crippen LogP contribution in [0.4, 0.5) is 5.69 Å². The van der Waals surface area contributed by atoms with E-state index in [1.54, 1.807) is 25.3 Å². The SMILES string of the molecule is CCC(C)(CO)CNc1cc(C(N)=O)ccc1OC. The van der Waals surface area contributed by atoms with Crippen molar-refractivity contribution < 1.29 is 14.6 Å². The first-order chi connectivity index (χ1) is 8.95. The zero-order chi connectivity index (χ0) is 14.5. The molecule has 1 aromatic carbocycles. The van der Waals surface area contributed by atoms with Crippen molar-refractivity contribution in [1.82, 2.24) is 0 Å². The zero-order valence-electron chi connectivity index (χ0n) is 11.7. The summed E-state index contributed by atoms with van der Waals surface area (Å²) >= 11 is 0. The molecule has 5 nitrogen and oxygen atoms in total. The lowest BCUT2D eigenvalue weighted by Gasteiger charge is -2.27. The highest BCUT2D eigenvalue weighted by Crippen LogP contribution is 2.28. The van der Waals surface area contributed by atoms with Crippen LogP contribution < -0.4 is 15.8 Å². The summed E-state index contributed by atoms with van der Waals surface area (Å²) in [5, 5.41) is 12.6. The number of nitrogens with one attached hydrogen (secondary N) is 1. The largest absolute Gasteiger partial charge is 0.495 e. The lowest BCUT2D eigenvalue weighted by atomic mass is 9.88. The van der Waals surface area contributed by atoms with Crippen LogP contribution in [-0.2, 0) is 0 Å². The van der Waals surface area contributed by atoms with Gasteiger partial charge in [-0.3, -0.25) is 4.79 Å². The van der Waals surface area contributed by atoms with Gasteiger partial charge in [0.25, 0.3) is 0 Å². The minimum Gasteiger partial charge on any atom is -0.495 e. The molecule has 1 amide bonds. The predicted octanol–water partition coefficient (Wildman–Crippen LogP) is 1.61. The Balaban J connectivity index is 2.92. The number of anilines is 1. The third-order valence-electron chi connectivity index (χ3n) is 3.42. The molecule has 0 aliphatic rings. The predicted molar refractivity (Wildman–Crippen MR) is 75.5 cm³/mol. The standard InChI is InChI=1S/C14H22N2O3/c1-4-14(2,9-17)8-16-11-7-10(13(15)18)5-6-12(11)19-3/h5-7,16-17H,4,8-9H2,1-3H3,(H2,15,18). The van der Waals surface area contributed by atoms with E-state index >= 15 is 0 Å². The Hall–Kier alpha value is -1.75. The lowest BCUT2D eigenvalue weighted by molar-refractivity contribution is 0.100. The summed E-state index contributed by atoms with van der Waals surface area (Å²) in [4.78, 5) is 11.2. The van der Waals surface area contributed by atoms with Crippen LogP contribution in [-0.4, -0.2) is 31.3 Å². The number of nitrogens with two attached hydrogens (primary N) is 1. The van der Waals surface area contributed by atoms with E-state index in [-0.39, 0.29) is 12.0 Å². The Bertz CT molecular complexity index is 442. The van der Waals surface area contributed by atoms with Gasteiger partial charge in [-0.2, -0.15) is 0 Å². The molecule has 19 heavy (non-hydrogen) atoms. The molecular formula is C14H22N2O3. The fraction of sp³-hybridized carbons (Fsp3) is 0.500. The number of aliphatic hydroxyl groups excluding tert-OH is 1. The Morgan fingerprint density at radius 1 is 1.53 bits per heavy atom. The molecule has 0 aromatic heterocycles. The fourth-order valence-corrected chi connectivity index (χ4v) is 1.60. The highest BCUT2D eigenvalue weighted by Gasteiger charge is 2.21. The number of methoxy groups -OCH3 is 1. The number of rotatable bonds is 7. The molecule has 0 fully saturated rings. The molecule has 0 radical (unpaired) electrons. The van der Waals surface area contributed by atoms with Gasteiger partial charge in [0.2, 0.25) is 5.91 Å². The molecular weight excluding hydrogens is 244 g/mol. The molecule has 0 aliphatic carbocycles. The summed E-state index contributed by atoms with van der Waals surface area (Å²) in [6, 6.07) is 4.98. The molecule has 4 N–H and O–H groups in total. The molecule has 0 heterocycles. The van der Waals surface area contributed by atoms with E-state index in [1.807, 2.05) is 13.8 Å². The molecule has 0 aliphatic heterocycles. The Labute approximate surface area is 113 Å². The van der Waals surface area contributed by atoms with E-state index in [1.165, 1.54) is 0 Å². The monoisotopic (exact) mass is 266 g/mol. The molecule has 106 valence electrons. The van der Waals surface area contributed by atoms with Gasteiger partial charge >= 0.3 is 0 Å². The first-order valence-corrected chi connectivity index (χ1v) is 6.28. The maximum absolute atomic E-state index is 11.2. The molecule has 1 aromatic rings. The lowest BCUT2D eigenvalue weighted by Crippen LogP contribution is -2.29. The average molecular weight is 266 g/mol. The number of carbonyl (C=O) groups excluding carboxylic acids is 1. The van der Waals surface area contributed by atoms with Crippen molar-refractivity contribution in [2.24, 2.45) is 11.1 Å². The minimum atomic E-state index is -0.480. The number of ether oxygens (including phenoxy) is 1. The topological polar surface area (TPSA) is 84.6 Å². The Kier molecular flexibility index (Phi) is 5.18. The summed E-state index contributed by atoms with van der Waals surface area (Å²) in [5.74, 6) is 0.160. The van der Waals surface area contributed by atoms with Crippen molar-refractivity contribution in [3.8, 4) is 5.75 Å². The average Bonchev–Trinajstić information content (AvgIpc) is 2.44. The van der Waals surface area contributed by atoms with Crippen LogP contribution in [0.25, 0.3) is 0 Å². The third-order valence-corrected chi connectivity index (χ3v) is 3.42. The fourth-order valence-electron chi connectivity index (χ4n) is 1.60. The number of carbonyl (C=O) groups is 1. The number of primary amides is 1. The van der Waals surface area contributed by atoms with E-state index in [2.05, 4.69) is 5.32 Å². The van der Waals surface area contributed by atoms with Crippen molar-refractivity contribution in [3.05, 3.63) is 23.8 Å². The van der Waals surface area contributed by atoms with Crippen LogP contribution >= 0.6 is 0 Å². The summed E-state index contributed by atoms with van der Waals surface area (Å²) in [7, 11) is 1.56. The highest BCUT2D eigenvalue weighted by atomic mass is 16.5. The van der Waals surface area contributed by atoms with E-state index in [0.717, 1.165) is 6.42 Å². The van der Waals surface area contributed by atoms with Gasteiger partial charge in [0.1, 0.15) is 5.75 Å². The van der Waals surface area contributed by atoms with Crippen molar-refractivity contribution in [2.75, 3.05) is 25.6 Å². The Morgan fingerprint density at radius 3 is 2.68 bits per heavy atom. The van der Waals surface area contributed by atoms with Crippen LogP contribution in [0.2, 0.25) is 0 Å². The summed E-state index contributed by atoms with van der Waals surface area (Å²) in [5.41, 5.74) is 6.17. The van der Waals surface area contributed by atoms with Crippen LogP contribution in [0.1, 0.15) is 30.6 Å². The molecule has 0 saturated heterocycles. The van der Waals surface area contributed by atoms with Gasteiger partial charge in [0, 0.05) is 17.5 Å². The maximum Gasteiger partial charge on any atom is 0.248 e. The minimum absolute atomic E-state index is 0.0916. The van der Waals surface area contributed by atoms with Crippen molar-refractivity contribution in [1.29, 1.82) is 0 Å². The molecule has 0 bridgehead atoms. The van der Waals surface area contributed by atoms with Crippen LogP contribution in [0.3, 0.4) is 0 Å². The number of hydrogen-bond acceptors (Lipinski definition) is 4. The van der Waals surface area contributed by atoms with Gasteiger partial charge in [0.15, 0.2) is 0 Å². The number of amides is 1. The quantitative estimate of drug-likeness (QED) is 0.700. The molecule has 1 rings (SSSR count). The number of benzene rings is 1. The molecule has 5 heteroatoms. The zero-order valence-corrected chi connectivity index (χ0v) is 11.7. The molecule has 0 spiro atoms. The first kappa shape index (κ1) is 15.3.